The molecule has 82 valence electrons. The van der Waals surface area contributed by atoms with E-state index in [1.165, 1.54) is 0 Å². The number of rotatable bonds is 2. The predicted molar refractivity (Wildman–Crippen MR) is 60.8 cm³/mol. The molecule has 0 saturated carbocycles. The number of nitrogens with one attached hydrogen (secondary N) is 2. The highest BCUT2D eigenvalue weighted by Gasteiger charge is 2.22. The second kappa shape index (κ2) is 4.77. The van der Waals surface area contributed by atoms with Gasteiger partial charge in [-0.2, -0.15) is 5.26 Å². The maximum atomic E-state index is 11.8. The first-order valence-corrected chi connectivity index (χ1v) is 5.32. The summed E-state index contributed by atoms with van der Waals surface area (Å²) < 4.78 is 0. The van der Waals surface area contributed by atoms with E-state index in [9.17, 15) is 4.79 Å². The molecule has 1 heterocycles. The summed E-state index contributed by atoms with van der Waals surface area (Å²) in [6.07, 6.45) is 0.862. The Balaban J connectivity index is 2.08. The van der Waals surface area contributed by atoms with Gasteiger partial charge >= 0.3 is 0 Å². The minimum Gasteiger partial charge on any atom is -0.325 e. The van der Waals surface area contributed by atoms with Crippen molar-refractivity contribution in [3.63, 3.8) is 0 Å². The third-order valence-corrected chi connectivity index (χ3v) is 2.74. The van der Waals surface area contributed by atoms with Gasteiger partial charge in [0.25, 0.3) is 0 Å². The van der Waals surface area contributed by atoms with Gasteiger partial charge in [0.1, 0.15) is 6.07 Å². The van der Waals surface area contributed by atoms with E-state index in [2.05, 4.69) is 16.7 Å². The average Bonchev–Trinajstić information content (AvgIpc) is 2.83. The third-order valence-electron chi connectivity index (χ3n) is 2.74. The first-order valence-electron chi connectivity index (χ1n) is 5.32. The van der Waals surface area contributed by atoms with E-state index in [4.69, 9.17) is 5.26 Å². The lowest BCUT2D eigenvalue weighted by molar-refractivity contribution is -0.119. The van der Waals surface area contributed by atoms with E-state index in [1.807, 2.05) is 6.07 Å². The van der Waals surface area contributed by atoms with E-state index in [-0.39, 0.29) is 11.8 Å². The lowest BCUT2D eigenvalue weighted by Crippen LogP contribution is -2.24. The van der Waals surface area contributed by atoms with Crippen molar-refractivity contribution in [3.8, 4) is 6.07 Å². The topological polar surface area (TPSA) is 64.9 Å². The minimum absolute atomic E-state index is 0.00676. The number of anilines is 1. The van der Waals surface area contributed by atoms with Gasteiger partial charge in [-0.25, -0.2) is 0 Å². The molecular formula is C12H13N3O. The third kappa shape index (κ3) is 2.20. The highest BCUT2D eigenvalue weighted by Crippen LogP contribution is 2.16. The molecule has 16 heavy (non-hydrogen) atoms. The summed E-state index contributed by atoms with van der Waals surface area (Å²) in [6.45, 7) is 1.61. The standard InChI is InChI=1S/C12H13N3O/c13-7-9-3-1-2-4-11(9)15-12(16)10-5-6-14-8-10/h1-4,10,14H,5-6,8H2,(H,15,16). The zero-order chi connectivity index (χ0) is 11.4. The van der Waals surface area contributed by atoms with Crippen LogP contribution in [-0.2, 0) is 4.79 Å². The van der Waals surface area contributed by atoms with Gasteiger partial charge in [-0.1, -0.05) is 12.1 Å². The van der Waals surface area contributed by atoms with Gasteiger partial charge in [0.05, 0.1) is 17.2 Å². The predicted octanol–water partition coefficient (Wildman–Crippen LogP) is 1.11. The summed E-state index contributed by atoms with van der Waals surface area (Å²) in [4.78, 5) is 11.8. The Hall–Kier alpha value is -1.86. The summed E-state index contributed by atoms with van der Waals surface area (Å²) in [5, 5.41) is 14.8. The van der Waals surface area contributed by atoms with Gasteiger partial charge in [-0.3, -0.25) is 4.79 Å². The molecule has 1 aliphatic heterocycles. The molecule has 0 spiro atoms. The molecular weight excluding hydrogens is 202 g/mol. The van der Waals surface area contributed by atoms with Crippen molar-refractivity contribution < 1.29 is 4.79 Å². The number of carbonyl (C=O) groups excluding carboxylic acids is 1. The van der Waals surface area contributed by atoms with Crippen LogP contribution in [0.2, 0.25) is 0 Å². The van der Waals surface area contributed by atoms with Crippen LogP contribution in [-0.4, -0.2) is 19.0 Å². The molecule has 0 aliphatic carbocycles. The van der Waals surface area contributed by atoms with Gasteiger partial charge < -0.3 is 10.6 Å². The van der Waals surface area contributed by atoms with Gasteiger partial charge in [0.15, 0.2) is 0 Å². The quantitative estimate of drug-likeness (QED) is 0.776. The molecule has 2 rings (SSSR count). The lowest BCUT2D eigenvalue weighted by Gasteiger charge is -2.10. The summed E-state index contributed by atoms with van der Waals surface area (Å²) in [5.41, 5.74) is 1.10. The Kier molecular flexibility index (Phi) is 3.18. The van der Waals surface area contributed by atoms with Crippen LogP contribution in [0.3, 0.4) is 0 Å². The van der Waals surface area contributed by atoms with Crippen molar-refractivity contribution in [2.24, 2.45) is 5.92 Å². The highest BCUT2D eigenvalue weighted by atomic mass is 16.1. The molecule has 1 amide bonds. The van der Waals surface area contributed by atoms with Crippen molar-refractivity contribution in [2.45, 2.75) is 6.42 Å². The summed E-state index contributed by atoms with van der Waals surface area (Å²) in [6, 6.07) is 9.10. The molecule has 0 aromatic heterocycles. The molecule has 4 heteroatoms. The zero-order valence-electron chi connectivity index (χ0n) is 8.86. The number of nitriles is 1. The van der Waals surface area contributed by atoms with Gasteiger partial charge in [-0.05, 0) is 25.1 Å². The largest absolute Gasteiger partial charge is 0.325 e. The van der Waals surface area contributed by atoms with Crippen LogP contribution in [0.15, 0.2) is 24.3 Å². The summed E-state index contributed by atoms with van der Waals surface area (Å²) in [5.74, 6) is 0.0134. The number of nitrogens with zero attached hydrogens (tertiary/aromatic N) is 1. The molecule has 1 fully saturated rings. The van der Waals surface area contributed by atoms with Gasteiger partial charge in [0.2, 0.25) is 5.91 Å². The molecule has 1 unspecified atom stereocenters. The number of hydrogen-bond acceptors (Lipinski definition) is 3. The highest BCUT2D eigenvalue weighted by molar-refractivity contribution is 5.94. The van der Waals surface area contributed by atoms with Crippen LogP contribution in [0, 0.1) is 17.2 Å². The molecule has 1 aromatic rings. The lowest BCUT2D eigenvalue weighted by atomic mass is 10.1. The van der Waals surface area contributed by atoms with E-state index in [0.717, 1.165) is 19.5 Å². The van der Waals surface area contributed by atoms with E-state index in [1.54, 1.807) is 18.2 Å². The summed E-state index contributed by atoms with van der Waals surface area (Å²) in [7, 11) is 0. The van der Waals surface area contributed by atoms with E-state index < -0.39 is 0 Å². The average molecular weight is 215 g/mol. The second-order valence-corrected chi connectivity index (χ2v) is 3.84. The van der Waals surface area contributed by atoms with Crippen molar-refractivity contribution in [1.82, 2.24) is 5.32 Å². The normalized spacial score (nSPS) is 19.1. The fourth-order valence-corrected chi connectivity index (χ4v) is 1.80. The minimum atomic E-state index is -0.00676. The molecule has 0 bridgehead atoms. The van der Waals surface area contributed by atoms with Crippen LogP contribution in [0.1, 0.15) is 12.0 Å². The number of amides is 1. The number of para-hydroxylation sites is 1. The maximum Gasteiger partial charge on any atom is 0.228 e. The SMILES string of the molecule is N#Cc1ccccc1NC(=O)C1CCNC1. The molecule has 2 N–H and O–H groups in total. The van der Waals surface area contributed by atoms with Crippen LogP contribution >= 0.6 is 0 Å². The molecule has 1 aromatic carbocycles. The number of benzene rings is 1. The molecule has 0 radical (unpaired) electrons. The first kappa shape index (κ1) is 10.7. The zero-order valence-corrected chi connectivity index (χ0v) is 8.86. The van der Waals surface area contributed by atoms with Crippen molar-refractivity contribution in [3.05, 3.63) is 29.8 Å². The van der Waals surface area contributed by atoms with Gasteiger partial charge in [-0.15, -0.1) is 0 Å². The fourth-order valence-electron chi connectivity index (χ4n) is 1.80. The molecule has 1 saturated heterocycles. The maximum absolute atomic E-state index is 11.8. The van der Waals surface area contributed by atoms with E-state index >= 15 is 0 Å². The number of carbonyl (C=O) groups is 1. The van der Waals surface area contributed by atoms with Crippen molar-refractivity contribution in [2.75, 3.05) is 18.4 Å². The molecule has 1 aliphatic rings. The van der Waals surface area contributed by atoms with Crippen molar-refractivity contribution >= 4 is 11.6 Å². The van der Waals surface area contributed by atoms with Crippen LogP contribution in [0.25, 0.3) is 0 Å². The van der Waals surface area contributed by atoms with Crippen molar-refractivity contribution in [1.29, 1.82) is 5.26 Å². The second-order valence-electron chi connectivity index (χ2n) is 3.84. The number of hydrogen-bond donors (Lipinski definition) is 2. The Morgan fingerprint density at radius 2 is 2.31 bits per heavy atom. The Morgan fingerprint density at radius 3 is 3.00 bits per heavy atom. The Morgan fingerprint density at radius 1 is 1.50 bits per heavy atom. The first-order chi connectivity index (χ1) is 7.81. The smallest absolute Gasteiger partial charge is 0.228 e. The molecule has 4 nitrogen and oxygen atoms in total. The van der Waals surface area contributed by atoms with Crippen LogP contribution in [0.5, 0.6) is 0 Å². The van der Waals surface area contributed by atoms with Crippen LogP contribution in [0.4, 0.5) is 5.69 Å². The van der Waals surface area contributed by atoms with Gasteiger partial charge in [0, 0.05) is 6.54 Å². The van der Waals surface area contributed by atoms with Crippen LogP contribution < -0.4 is 10.6 Å². The summed E-state index contributed by atoms with van der Waals surface area (Å²) >= 11 is 0. The monoisotopic (exact) mass is 215 g/mol. The molecule has 1 atom stereocenters. The fraction of sp³-hybridized carbons (Fsp3) is 0.333. The Labute approximate surface area is 94.3 Å². The van der Waals surface area contributed by atoms with E-state index in [0.29, 0.717) is 11.3 Å². The Bertz CT molecular complexity index is 430.